The molecule has 10 heteroatoms. The lowest BCUT2D eigenvalue weighted by molar-refractivity contribution is -0.118. The van der Waals surface area contributed by atoms with Crippen LogP contribution in [0, 0.1) is 18.3 Å². The Balaban J connectivity index is 1.74. The highest BCUT2D eigenvalue weighted by Crippen LogP contribution is 2.37. The molecule has 0 fully saturated rings. The molecule has 2 amide bonds. The largest absolute Gasteiger partial charge is 0.493 e. The number of aryl methyl sites for hydroxylation is 1. The van der Waals surface area contributed by atoms with Crippen molar-refractivity contribution in [3.63, 3.8) is 0 Å². The molecule has 0 aliphatic heterocycles. The summed E-state index contributed by atoms with van der Waals surface area (Å²) in [6, 6.07) is 16.8. The zero-order valence-electron chi connectivity index (χ0n) is 19.2. The van der Waals surface area contributed by atoms with Crippen molar-refractivity contribution in [2.45, 2.75) is 6.92 Å². The Morgan fingerprint density at radius 1 is 1.00 bits per heavy atom. The maximum absolute atomic E-state index is 12.6. The Morgan fingerprint density at radius 2 is 1.75 bits per heavy atom. The highest BCUT2D eigenvalue weighted by Gasteiger charge is 2.16. The van der Waals surface area contributed by atoms with Crippen molar-refractivity contribution in [2.24, 2.45) is 0 Å². The van der Waals surface area contributed by atoms with Gasteiger partial charge in [0.05, 0.1) is 22.2 Å². The Morgan fingerprint density at radius 3 is 2.42 bits per heavy atom. The fourth-order valence-electron chi connectivity index (χ4n) is 3.09. The van der Waals surface area contributed by atoms with Gasteiger partial charge in [0.25, 0.3) is 11.8 Å². The van der Waals surface area contributed by atoms with Crippen LogP contribution < -0.4 is 20.1 Å². The maximum Gasteiger partial charge on any atom is 0.266 e. The predicted octanol–water partition coefficient (Wildman–Crippen LogP) is 6.53. The number of halogens is 3. The summed E-state index contributed by atoms with van der Waals surface area (Å²) < 4.78 is 10.9. The van der Waals surface area contributed by atoms with Crippen molar-refractivity contribution in [3.05, 3.63) is 86.4 Å². The SMILES string of the molecule is COc1cc(/C=C(/C#N)C(=O)Nc2ccccc2C)cc(Cl)c1OCC(=O)Nc1ccc(Cl)c(Cl)c1. The number of amides is 2. The highest BCUT2D eigenvalue weighted by molar-refractivity contribution is 6.42. The van der Waals surface area contributed by atoms with Crippen LogP contribution in [0.2, 0.25) is 15.1 Å². The molecule has 7 nitrogen and oxygen atoms in total. The molecular formula is C26H20Cl3N3O4. The molecule has 184 valence electrons. The molecule has 3 aromatic rings. The van der Waals surface area contributed by atoms with Crippen molar-refractivity contribution < 1.29 is 19.1 Å². The number of nitriles is 1. The molecule has 3 aromatic carbocycles. The first-order valence-corrected chi connectivity index (χ1v) is 11.6. The second kappa shape index (κ2) is 12.3. The Kier molecular flexibility index (Phi) is 9.20. The van der Waals surface area contributed by atoms with Crippen molar-refractivity contribution >= 4 is 64.1 Å². The van der Waals surface area contributed by atoms with Crippen molar-refractivity contribution in [2.75, 3.05) is 24.4 Å². The number of hydrogen-bond acceptors (Lipinski definition) is 5. The van der Waals surface area contributed by atoms with Crippen molar-refractivity contribution in [3.8, 4) is 17.6 Å². The van der Waals surface area contributed by atoms with E-state index in [9.17, 15) is 14.9 Å². The summed E-state index contributed by atoms with van der Waals surface area (Å²) in [4.78, 5) is 24.9. The van der Waals surface area contributed by atoms with E-state index >= 15 is 0 Å². The highest BCUT2D eigenvalue weighted by atomic mass is 35.5. The Labute approximate surface area is 223 Å². The van der Waals surface area contributed by atoms with Crippen LogP contribution >= 0.6 is 34.8 Å². The van der Waals surface area contributed by atoms with Gasteiger partial charge in [-0.2, -0.15) is 5.26 Å². The minimum atomic E-state index is -0.568. The minimum absolute atomic E-state index is 0.125. The minimum Gasteiger partial charge on any atom is -0.493 e. The van der Waals surface area contributed by atoms with Gasteiger partial charge in [0.15, 0.2) is 18.1 Å². The number of anilines is 2. The van der Waals surface area contributed by atoms with Gasteiger partial charge in [0.1, 0.15) is 11.6 Å². The smallest absolute Gasteiger partial charge is 0.266 e. The topological polar surface area (TPSA) is 100 Å². The van der Waals surface area contributed by atoms with E-state index in [0.717, 1.165) is 5.56 Å². The second-order valence-corrected chi connectivity index (χ2v) is 8.66. The molecule has 36 heavy (non-hydrogen) atoms. The van der Waals surface area contributed by atoms with E-state index in [1.54, 1.807) is 24.3 Å². The molecule has 0 unspecified atom stereocenters. The summed E-state index contributed by atoms with van der Waals surface area (Å²) in [5.74, 6) is -0.688. The number of hydrogen-bond donors (Lipinski definition) is 2. The molecule has 0 atom stereocenters. The van der Waals surface area contributed by atoms with E-state index in [4.69, 9.17) is 44.3 Å². The summed E-state index contributed by atoms with van der Waals surface area (Å²) in [5.41, 5.74) is 2.20. The summed E-state index contributed by atoms with van der Waals surface area (Å²) in [6.45, 7) is 1.48. The third-order valence-electron chi connectivity index (χ3n) is 4.87. The normalized spacial score (nSPS) is 10.8. The summed E-state index contributed by atoms with van der Waals surface area (Å²) in [5, 5.41) is 15.7. The van der Waals surface area contributed by atoms with E-state index in [-0.39, 0.29) is 28.7 Å². The molecule has 0 aromatic heterocycles. The van der Waals surface area contributed by atoms with Gasteiger partial charge in [-0.05, 0) is 60.5 Å². The van der Waals surface area contributed by atoms with Crippen LogP contribution in [0.1, 0.15) is 11.1 Å². The lowest BCUT2D eigenvalue weighted by atomic mass is 10.1. The molecule has 3 rings (SSSR count). The van der Waals surface area contributed by atoms with Gasteiger partial charge in [-0.1, -0.05) is 53.0 Å². The quantitative estimate of drug-likeness (QED) is 0.248. The average Bonchev–Trinajstić information content (AvgIpc) is 2.85. The lowest BCUT2D eigenvalue weighted by Gasteiger charge is -2.14. The first-order valence-electron chi connectivity index (χ1n) is 10.5. The number of nitrogens with zero attached hydrogens (tertiary/aromatic N) is 1. The third-order valence-corrected chi connectivity index (χ3v) is 5.89. The molecule has 2 N–H and O–H groups in total. The van der Waals surface area contributed by atoms with Gasteiger partial charge >= 0.3 is 0 Å². The average molecular weight is 545 g/mol. The monoisotopic (exact) mass is 543 g/mol. The molecule has 0 aliphatic carbocycles. The lowest BCUT2D eigenvalue weighted by Crippen LogP contribution is -2.20. The standard InChI is InChI=1S/C26H20Cl3N3O4/c1-15-5-3-4-6-22(15)32-26(34)17(13-30)9-16-10-21(29)25(23(11-16)35-2)36-14-24(33)31-18-7-8-19(27)20(28)12-18/h3-12H,14H2,1-2H3,(H,31,33)(H,32,34)/b17-9-. The Hall–Kier alpha value is -3.70. The van der Waals surface area contributed by atoms with Gasteiger partial charge in [-0.3, -0.25) is 9.59 Å². The summed E-state index contributed by atoms with van der Waals surface area (Å²) >= 11 is 18.2. The van der Waals surface area contributed by atoms with E-state index in [1.165, 1.54) is 31.4 Å². The van der Waals surface area contributed by atoms with E-state index < -0.39 is 11.8 Å². The van der Waals surface area contributed by atoms with Gasteiger partial charge < -0.3 is 20.1 Å². The third kappa shape index (κ3) is 6.92. The first-order chi connectivity index (χ1) is 17.2. The number of carbonyl (C=O) groups excluding carboxylic acids is 2. The number of methoxy groups -OCH3 is 1. The number of nitrogens with one attached hydrogen (secondary N) is 2. The van der Waals surface area contributed by atoms with Crippen LogP contribution in [0.4, 0.5) is 11.4 Å². The second-order valence-electron chi connectivity index (χ2n) is 7.44. The molecule has 0 radical (unpaired) electrons. The number of para-hydroxylation sites is 1. The van der Waals surface area contributed by atoms with Gasteiger partial charge in [0.2, 0.25) is 0 Å². The Bertz CT molecular complexity index is 1380. The van der Waals surface area contributed by atoms with E-state index in [2.05, 4.69) is 10.6 Å². The zero-order chi connectivity index (χ0) is 26.2. The van der Waals surface area contributed by atoms with Gasteiger partial charge in [-0.15, -0.1) is 0 Å². The fourth-order valence-corrected chi connectivity index (χ4v) is 3.66. The van der Waals surface area contributed by atoms with Crippen molar-refractivity contribution in [1.82, 2.24) is 0 Å². The predicted molar refractivity (Wildman–Crippen MR) is 142 cm³/mol. The molecule has 0 heterocycles. The van der Waals surface area contributed by atoms with Gasteiger partial charge in [0, 0.05) is 11.4 Å². The van der Waals surface area contributed by atoms with Crippen LogP contribution in [-0.2, 0) is 9.59 Å². The molecule has 0 bridgehead atoms. The summed E-state index contributed by atoms with van der Waals surface area (Å²) in [7, 11) is 1.40. The number of rotatable bonds is 8. The zero-order valence-corrected chi connectivity index (χ0v) is 21.5. The van der Waals surface area contributed by atoms with E-state index in [1.807, 2.05) is 25.1 Å². The molecule has 0 saturated carbocycles. The first kappa shape index (κ1) is 26.9. The number of ether oxygens (including phenoxy) is 2. The van der Waals surface area contributed by atoms with Gasteiger partial charge in [-0.25, -0.2) is 0 Å². The summed E-state index contributed by atoms with van der Waals surface area (Å²) in [6.07, 6.45) is 1.38. The molecule has 0 saturated heterocycles. The molecule has 0 spiro atoms. The van der Waals surface area contributed by atoms with Crippen LogP contribution in [0.25, 0.3) is 6.08 Å². The number of benzene rings is 3. The molecular weight excluding hydrogens is 525 g/mol. The number of carbonyl (C=O) groups is 2. The maximum atomic E-state index is 12.6. The van der Waals surface area contributed by atoms with Crippen LogP contribution in [0.15, 0.2) is 60.2 Å². The molecule has 0 aliphatic rings. The fraction of sp³-hybridized carbons (Fsp3) is 0.115. The van der Waals surface area contributed by atoms with Crippen LogP contribution in [0.5, 0.6) is 11.5 Å². The van der Waals surface area contributed by atoms with Crippen molar-refractivity contribution in [1.29, 1.82) is 5.26 Å². The van der Waals surface area contributed by atoms with Crippen LogP contribution in [-0.4, -0.2) is 25.5 Å². The van der Waals surface area contributed by atoms with Crippen LogP contribution in [0.3, 0.4) is 0 Å². The van der Waals surface area contributed by atoms with E-state index in [0.29, 0.717) is 27.0 Å².